The molecule has 0 fully saturated rings. The number of pyridine rings is 1. The van der Waals surface area contributed by atoms with E-state index in [1.54, 1.807) is 0 Å². The minimum Gasteiger partial charge on any atom is -0.312 e. The first-order valence-corrected chi connectivity index (χ1v) is 8.68. The average Bonchev–Trinajstić information content (AvgIpc) is 2.45. The average molecular weight is 296 g/mol. The molecule has 1 aliphatic rings. The summed E-state index contributed by atoms with van der Waals surface area (Å²) in [5.74, 6) is 0.687. The maximum absolute atomic E-state index is 5.01. The largest absolute Gasteiger partial charge is 0.312 e. The van der Waals surface area contributed by atoms with Gasteiger partial charge in [-0.2, -0.15) is 0 Å². The summed E-state index contributed by atoms with van der Waals surface area (Å²) in [4.78, 5) is 5.01. The van der Waals surface area contributed by atoms with Crippen LogP contribution in [0.1, 0.15) is 54.6 Å². The van der Waals surface area contributed by atoms with Crippen LogP contribution in [0, 0.1) is 19.8 Å². The predicted octanol–water partition coefficient (Wildman–Crippen LogP) is 4.48. The molecular weight excluding hydrogens is 268 g/mol. The van der Waals surface area contributed by atoms with Gasteiger partial charge in [-0.05, 0) is 80.3 Å². The van der Waals surface area contributed by atoms with Crippen molar-refractivity contribution in [3.8, 4) is 0 Å². The highest BCUT2D eigenvalue weighted by Crippen LogP contribution is 2.31. The van der Waals surface area contributed by atoms with Crippen LogP contribution < -0.4 is 5.32 Å². The van der Waals surface area contributed by atoms with Gasteiger partial charge in [-0.1, -0.05) is 19.9 Å². The molecule has 118 valence electrons. The number of nitrogens with one attached hydrogen (secondary N) is 1. The van der Waals surface area contributed by atoms with Crippen LogP contribution in [-0.2, 0) is 19.4 Å². The summed E-state index contributed by atoms with van der Waals surface area (Å²) in [6, 6.07) is 4.55. The van der Waals surface area contributed by atoms with Crippen LogP contribution in [0.2, 0.25) is 0 Å². The van der Waals surface area contributed by atoms with E-state index in [1.165, 1.54) is 58.1 Å². The van der Waals surface area contributed by atoms with Gasteiger partial charge in [0.25, 0.3) is 0 Å². The summed E-state index contributed by atoms with van der Waals surface area (Å²) in [6.45, 7) is 11.0. The van der Waals surface area contributed by atoms with E-state index in [9.17, 15) is 0 Å². The van der Waals surface area contributed by atoms with Gasteiger partial charge in [-0.25, -0.2) is 0 Å². The van der Waals surface area contributed by atoms with Crippen LogP contribution in [0.3, 0.4) is 0 Å². The highest BCUT2D eigenvalue weighted by molar-refractivity contribution is 5.87. The monoisotopic (exact) mass is 296 g/mol. The van der Waals surface area contributed by atoms with Gasteiger partial charge in [0.05, 0.1) is 5.52 Å². The van der Waals surface area contributed by atoms with E-state index in [0.717, 1.165) is 19.5 Å². The maximum atomic E-state index is 5.01. The molecule has 1 aliphatic carbocycles. The lowest BCUT2D eigenvalue weighted by atomic mass is 9.88. The van der Waals surface area contributed by atoms with Crippen LogP contribution in [0.25, 0.3) is 10.9 Å². The smallest absolute Gasteiger partial charge is 0.0714 e. The molecule has 0 atom stereocenters. The van der Waals surface area contributed by atoms with Crippen molar-refractivity contribution in [1.82, 2.24) is 10.3 Å². The van der Waals surface area contributed by atoms with Crippen molar-refractivity contribution in [1.29, 1.82) is 0 Å². The van der Waals surface area contributed by atoms with Gasteiger partial charge in [-0.3, -0.25) is 4.98 Å². The van der Waals surface area contributed by atoms with Crippen LogP contribution >= 0.6 is 0 Å². The number of aromatic nitrogens is 1. The molecule has 2 heteroatoms. The van der Waals surface area contributed by atoms with E-state index in [2.05, 4.69) is 45.1 Å². The molecule has 22 heavy (non-hydrogen) atoms. The van der Waals surface area contributed by atoms with E-state index < -0.39 is 0 Å². The van der Waals surface area contributed by atoms with E-state index in [1.807, 2.05) is 0 Å². The first-order chi connectivity index (χ1) is 10.6. The Morgan fingerprint density at radius 3 is 2.68 bits per heavy atom. The lowest BCUT2D eigenvalue weighted by Crippen LogP contribution is -2.21. The van der Waals surface area contributed by atoms with Crippen molar-refractivity contribution < 1.29 is 0 Å². The topological polar surface area (TPSA) is 24.9 Å². The number of benzene rings is 1. The van der Waals surface area contributed by atoms with Crippen molar-refractivity contribution in [2.75, 3.05) is 6.54 Å². The fourth-order valence-electron chi connectivity index (χ4n) is 3.74. The Morgan fingerprint density at radius 2 is 1.91 bits per heavy atom. The second kappa shape index (κ2) is 6.37. The molecule has 0 saturated heterocycles. The number of nitrogens with zero attached hydrogens (tertiary/aromatic N) is 1. The minimum absolute atomic E-state index is 0.687. The molecule has 0 amide bonds. The fraction of sp³-hybridized carbons (Fsp3) is 0.550. The van der Waals surface area contributed by atoms with Crippen molar-refractivity contribution in [3.63, 3.8) is 0 Å². The molecule has 1 heterocycles. The standard InChI is InChI=1S/C20H28N2/c1-13(2)11-21-12-17-16-7-5-6-8-18(16)22-19-10-14(3)9-15(4)20(17)19/h9-10,13,21H,5-8,11-12H2,1-4H3. The Labute approximate surface area is 134 Å². The van der Waals surface area contributed by atoms with Crippen LogP contribution in [0.5, 0.6) is 0 Å². The van der Waals surface area contributed by atoms with Crippen molar-refractivity contribution in [3.05, 3.63) is 40.1 Å². The maximum Gasteiger partial charge on any atom is 0.0714 e. The van der Waals surface area contributed by atoms with E-state index >= 15 is 0 Å². The summed E-state index contributed by atoms with van der Waals surface area (Å²) in [6.07, 6.45) is 4.94. The van der Waals surface area contributed by atoms with Gasteiger partial charge in [0, 0.05) is 17.6 Å². The van der Waals surface area contributed by atoms with Gasteiger partial charge >= 0.3 is 0 Å². The normalized spacial score (nSPS) is 14.6. The number of fused-ring (bicyclic) bond motifs is 2. The molecule has 2 nitrogen and oxygen atoms in total. The zero-order valence-corrected chi connectivity index (χ0v) is 14.4. The summed E-state index contributed by atoms with van der Waals surface area (Å²) in [5, 5.41) is 5.05. The van der Waals surface area contributed by atoms with Gasteiger partial charge in [0.15, 0.2) is 0 Å². The molecule has 2 aromatic rings. The second-order valence-corrected chi connectivity index (χ2v) is 7.22. The lowest BCUT2D eigenvalue weighted by molar-refractivity contribution is 0.549. The molecule has 1 aromatic heterocycles. The predicted molar refractivity (Wildman–Crippen MR) is 94.4 cm³/mol. The molecule has 1 aromatic carbocycles. The Hall–Kier alpha value is -1.41. The molecule has 1 N–H and O–H groups in total. The highest BCUT2D eigenvalue weighted by atomic mass is 14.9. The quantitative estimate of drug-likeness (QED) is 0.900. The Balaban J connectivity index is 2.12. The first-order valence-electron chi connectivity index (χ1n) is 8.68. The van der Waals surface area contributed by atoms with Crippen LogP contribution in [0.15, 0.2) is 12.1 Å². The Bertz CT molecular complexity index is 686. The third kappa shape index (κ3) is 3.03. The summed E-state index contributed by atoms with van der Waals surface area (Å²) >= 11 is 0. The Kier molecular flexibility index (Phi) is 4.49. The molecule has 0 bridgehead atoms. The molecular formula is C20H28N2. The molecule has 0 aliphatic heterocycles. The van der Waals surface area contributed by atoms with E-state index in [4.69, 9.17) is 4.98 Å². The van der Waals surface area contributed by atoms with Crippen molar-refractivity contribution in [2.24, 2.45) is 5.92 Å². The van der Waals surface area contributed by atoms with Gasteiger partial charge in [0.1, 0.15) is 0 Å². The minimum atomic E-state index is 0.687. The number of hydrogen-bond donors (Lipinski definition) is 1. The van der Waals surface area contributed by atoms with Crippen LogP contribution in [0.4, 0.5) is 0 Å². The van der Waals surface area contributed by atoms with Gasteiger partial charge in [-0.15, -0.1) is 0 Å². The number of rotatable bonds is 4. The highest BCUT2D eigenvalue weighted by Gasteiger charge is 2.19. The fourth-order valence-corrected chi connectivity index (χ4v) is 3.74. The zero-order chi connectivity index (χ0) is 15.7. The first kappa shape index (κ1) is 15.5. The Morgan fingerprint density at radius 1 is 1.14 bits per heavy atom. The van der Waals surface area contributed by atoms with Gasteiger partial charge in [0.2, 0.25) is 0 Å². The molecule has 0 spiro atoms. The SMILES string of the molecule is Cc1cc(C)c2c(CNCC(C)C)c3c(nc2c1)CCCC3. The van der Waals surface area contributed by atoms with Crippen LogP contribution in [-0.4, -0.2) is 11.5 Å². The third-order valence-electron chi connectivity index (χ3n) is 4.67. The van der Waals surface area contributed by atoms with E-state index in [-0.39, 0.29) is 0 Å². The lowest BCUT2D eigenvalue weighted by Gasteiger charge is -2.22. The summed E-state index contributed by atoms with van der Waals surface area (Å²) in [7, 11) is 0. The zero-order valence-electron chi connectivity index (χ0n) is 14.4. The van der Waals surface area contributed by atoms with E-state index in [0.29, 0.717) is 5.92 Å². The second-order valence-electron chi connectivity index (χ2n) is 7.22. The van der Waals surface area contributed by atoms with Crippen molar-refractivity contribution >= 4 is 10.9 Å². The number of aryl methyl sites for hydroxylation is 3. The summed E-state index contributed by atoms with van der Waals surface area (Å²) < 4.78 is 0. The molecule has 0 unspecified atom stereocenters. The molecule has 0 saturated carbocycles. The number of hydrogen-bond acceptors (Lipinski definition) is 2. The molecule has 0 radical (unpaired) electrons. The van der Waals surface area contributed by atoms with Crippen molar-refractivity contribution in [2.45, 2.75) is 59.9 Å². The summed E-state index contributed by atoms with van der Waals surface area (Å²) in [5.41, 5.74) is 8.27. The van der Waals surface area contributed by atoms with Gasteiger partial charge < -0.3 is 5.32 Å². The third-order valence-corrected chi connectivity index (χ3v) is 4.67. The molecule has 3 rings (SSSR count).